The van der Waals surface area contributed by atoms with Crippen molar-refractivity contribution in [2.75, 3.05) is 39.1 Å². The summed E-state index contributed by atoms with van der Waals surface area (Å²) in [6.45, 7) is 6.81. The molecule has 2 N–H and O–H groups in total. The lowest BCUT2D eigenvalue weighted by atomic mass is 10.2. The van der Waals surface area contributed by atoms with Gasteiger partial charge in [-0.2, -0.15) is 0 Å². The normalized spacial score (nSPS) is 12.9. The van der Waals surface area contributed by atoms with E-state index in [2.05, 4.69) is 15.2 Å². The largest absolute Gasteiger partial charge is 0.490 e. The number of pyridine rings is 1. The zero-order valence-corrected chi connectivity index (χ0v) is 16.7. The molecule has 0 aliphatic heterocycles. The van der Waals surface area contributed by atoms with Crippen molar-refractivity contribution >= 4 is 22.7 Å². The third-order valence-corrected chi connectivity index (χ3v) is 3.61. The molecule has 7 heteroatoms. The van der Waals surface area contributed by atoms with Gasteiger partial charge in [-0.1, -0.05) is 0 Å². The number of aliphatic hydroxyl groups excluding tert-OH is 1. The van der Waals surface area contributed by atoms with Crippen LogP contribution in [-0.2, 0) is 9.53 Å². The van der Waals surface area contributed by atoms with E-state index in [0.717, 1.165) is 29.8 Å². The maximum absolute atomic E-state index is 11.8. The molecule has 0 bridgehead atoms. The lowest BCUT2D eigenvalue weighted by molar-refractivity contribution is -0.166. The number of nitrogens with zero attached hydrogens (tertiary/aromatic N) is 2. The molecule has 1 atom stereocenters. The van der Waals surface area contributed by atoms with Crippen LogP contribution in [0.5, 0.6) is 5.75 Å². The van der Waals surface area contributed by atoms with Crippen LogP contribution in [0.3, 0.4) is 0 Å². The standard InChI is InChI=1S/C20H29N3O4/c1-20(2,3)27-19(25)17(24)13-26-15-7-8-16-14(12-15)6-9-18(22-16)21-10-11-23(4)5/h6-9,12,17,24H,10-11,13H2,1-5H3,(H,21,22). The molecule has 0 aliphatic rings. The number of fused-ring (bicyclic) bond motifs is 1. The van der Waals surface area contributed by atoms with Crippen molar-refractivity contribution in [3.63, 3.8) is 0 Å². The molecule has 1 aromatic heterocycles. The number of aliphatic hydroxyl groups is 1. The molecule has 1 unspecified atom stereocenters. The monoisotopic (exact) mass is 375 g/mol. The van der Waals surface area contributed by atoms with Gasteiger partial charge in [0.15, 0.2) is 6.10 Å². The van der Waals surface area contributed by atoms with E-state index >= 15 is 0 Å². The van der Waals surface area contributed by atoms with Crippen LogP contribution in [0, 0.1) is 0 Å². The maximum Gasteiger partial charge on any atom is 0.339 e. The second-order valence-electron chi connectivity index (χ2n) is 7.64. The fourth-order valence-corrected chi connectivity index (χ4v) is 2.31. The number of rotatable bonds is 8. The highest BCUT2D eigenvalue weighted by Gasteiger charge is 2.23. The van der Waals surface area contributed by atoms with Crippen LogP contribution < -0.4 is 10.1 Å². The van der Waals surface area contributed by atoms with E-state index in [4.69, 9.17) is 9.47 Å². The van der Waals surface area contributed by atoms with E-state index in [9.17, 15) is 9.90 Å². The van der Waals surface area contributed by atoms with Crippen molar-refractivity contribution in [1.82, 2.24) is 9.88 Å². The summed E-state index contributed by atoms with van der Waals surface area (Å²) in [6, 6.07) is 9.31. The first kappa shape index (κ1) is 20.9. The molecule has 0 fully saturated rings. The zero-order valence-electron chi connectivity index (χ0n) is 16.7. The number of likely N-dealkylation sites (N-methyl/N-ethyl adjacent to an activating group) is 1. The predicted molar refractivity (Wildman–Crippen MR) is 106 cm³/mol. The number of esters is 1. The minimum atomic E-state index is -1.33. The van der Waals surface area contributed by atoms with Crippen LogP contribution in [0.4, 0.5) is 5.82 Å². The SMILES string of the molecule is CN(C)CCNc1ccc2cc(OCC(O)C(=O)OC(C)(C)C)ccc2n1. The first-order chi connectivity index (χ1) is 12.6. The van der Waals surface area contributed by atoms with Crippen molar-refractivity contribution in [1.29, 1.82) is 0 Å². The predicted octanol–water partition coefficient (Wildman–Crippen LogP) is 2.29. The molecule has 0 amide bonds. The van der Waals surface area contributed by atoms with Gasteiger partial charge < -0.3 is 24.8 Å². The summed E-state index contributed by atoms with van der Waals surface area (Å²) in [5, 5.41) is 14.1. The van der Waals surface area contributed by atoms with Gasteiger partial charge in [-0.15, -0.1) is 0 Å². The Morgan fingerprint density at radius 1 is 1.26 bits per heavy atom. The van der Waals surface area contributed by atoms with Crippen molar-refractivity contribution in [2.45, 2.75) is 32.5 Å². The minimum absolute atomic E-state index is 0.169. The summed E-state index contributed by atoms with van der Waals surface area (Å²) in [5.41, 5.74) is 0.190. The molecule has 1 aromatic carbocycles. The Bertz CT molecular complexity index is 771. The van der Waals surface area contributed by atoms with E-state index in [1.165, 1.54) is 0 Å². The first-order valence-electron chi connectivity index (χ1n) is 8.97. The number of hydrogen-bond acceptors (Lipinski definition) is 7. The van der Waals surface area contributed by atoms with Gasteiger partial charge >= 0.3 is 5.97 Å². The molecular formula is C20H29N3O4. The maximum atomic E-state index is 11.8. The molecule has 148 valence electrons. The van der Waals surface area contributed by atoms with Crippen molar-refractivity contribution in [2.24, 2.45) is 0 Å². The molecule has 7 nitrogen and oxygen atoms in total. The van der Waals surface area contributed by atoms with Gasteiger partial charge in [0.1, 0.15) is 23.8 Å². The number of carbonyl (C=O) groups is 1. The molecule has 1 heterocycles. The van der Waals surface area contributed by atoms with Crippen molar-refractivity contribution in [3.05, 3.63) is 30.3 Å². The van der Waals surface area contributed by atoms with E-state index in [-0.39, 0.29) is 6.61 Å². The van der Waals surface area contributed by atoms with E-state index < -0.39 is 17.7 Å². The average molecular weight is 375 g/mol. The molecule has 0 aliphatic carbocycles. The Labute approximate surface area is 160 Å². The molecular weight excluding hydrogens is 346 g/mol. The smallest absolute Gasteiger partial charge is 0.339 e. The summed E-state index contributed by atoms with van der Waals surface area (Å²) >= 11 is 0. The van der Waals surface area contributed by atoms with Crippen LogP contribution in [0.15, 0.2) is 30.3 Å². The molecule has 2 rings (SSSR count). The van der Waals surface area contributed by atoms with Crippen LogP contribution in [0.25, 0.3) is 10.9 Å². The highest BCUT2D eigenvalue weighted by Crippen LogP contribution is 2.21. The quantitative estimate of drug-likeness (QED) is 0.685. The molecule has 27 heavy (non-hydrogen) atoms. The fraction of sp³-hybridized carbons (Fsp3) is 0.500. The third-order valence-electron chi connectivity index (χ3n) is 3.61. The van der Waals surface area contributed by atoms with Crippen molar-refractivity contribution < 1.29 is 19.4 Å². The summed E-state index contributed by atoms with van der Waals surface area (Å²) in [4.78, 5) is 18.5. The molecule has 0 spiro atoms. The minimum Gasteiger partial charge on any atom is -0.490 e. The Hall–Kier alpha value is -2.38. The van der Waals surface area contributed by atoms with Gasteiger partial charge in [0.2, 0.25) is 0 Å². The number of anilines is 1. The topological polar surface area (TPSA) is 83.9 Å². The van der Waals surface area contributed by atoms with Crippen LogP contribution in [0.1, 0.15) is 20.8 Å². The number of hydrogen-bond donors (Lipinski definition) is 2. The second-order valence-corrected chi connectivity index (χ2v) is 7.64. The highest BCUT2D eigenvalue weighted by molar-refractivity contribution is 5.81. The van der Waals surface area contributed by atoms with Crippen LogP contribution in [0.2, 0.25) is 0 Å². The summed E-state index contributed by atoms with van der Waals surface area (Å²) in [5.74, 6) is 0.678. The number of carbonyl (C=O) groups excluding carboxylic acids is 1. The van der Waals surface area contributed by atoms with Gasteiger partial charge in [-0.3, -0.25) is 0 Å². The summed E-state index contributed by atoms with van der Waals surface area (Å²) < 4.78 is 10.7. The van der Waals surface area contributed by atoms with Crippen LogP contribution >= 0.6 is 0 Å². The zero-order chi connectivity index (χ0) is 20.0. The average Bonchev–Trinajstić information content (AvgIpc) is 2.57. The Morgan fingerprint density at radius 2 is 2.00 bits per heavy atom. The van der Waals surface area contributed by atoms with E-state index in [0.29, 0.717) is 5.75 Å². The van der Waals surface area contributed by atoms with Crippen LogP contribution in [-0.4, -0.2) is 66.5 Å². The van der Waals surface area contributed by atoms with Gasteiger partial charge in [0.25, 0.3) is 0 Å². The van der Waals surface area contributed by atoms with E-state index in [1.54, 1.807) is 26.8 Å². The summed E-state index contributed by atoms with van der Waals surface area (Å²) in [6.07, 6.45) is -1.33. The number of benzene rings is 1. The number of nitrogens with one attached hydrogen (secondary N) is 1. The Morgan fingerprint density at radius 3 is 2.67 bits per heavy atom. The fourth-order valence-electron chi connectivity index (χ4n) is 2.31. The van der Waals surface area contributed by atoms with Gasteiger partial charge in [0, 0.05) is 18.5 Å². The number of ether oxygens (including phenoxy) is 2. The Kier molecular flexibility index (Phi) is 6.98. The molecule has 0 saturated carbocycles. The first-order valence-corrected chi connectivity index (χ1v) is 8.97. The van der Waals surface area contributed by atoms with E-state index in [1.807, 2.05) is 38.4 Å². The van der Waals surface area contributed by atoms with Gasteiger partial charge in [-0.05, 0) is 65.2 Å². The van der Waals surface area contributed by atoms with Crippen molar-refractivity contribution in [3.8, 4) is 5.75 Å². The summed E-state index contributed by atoms with van der Waals surface area (Å²) in [7, 11) is 4.05. The van der Waals surface area contributed by atoms with Gasteiger partial charge in [-0.25, -0.2) is 9.78 Å². The third kappa shape index (κ3) is 7.03. The second kappa shape index (κ2) is 9.01. The highest BCUT2D eigenvalue weighted by atomic mass is 16.6. The lowest BCUT2D eigenvalue weighted by Gasteiger charge is -2.21. The molecule has 2 aromatic rings. The molecule has 0 saturated heterocycles. The number of aromatic nitrogens is 1. The van der Waals surface area contributed by atoms with Gasteiger partial charge in [0.05, 0.1) is 5.52 Å². The molecule has 0 radical (unpaired) electrons. The Balaban J connectivity index is 1.95. The lowest BCUT2D eigenvalue weighted by Crippen LogP contribution is -2.35.